The zero-order valence-electron chi connectivity index (χ0n) is 11.8. The van der Waals surface area contributed by atoms with Gasteiger partial charge >= 0.3 is 0 Å². The van der Waals surface area contributed by atoms with Gasteiger partial charge in [-0.2, -0.15) is 0 Å². The molecule has 8 heteroatoms. The van der Waals surface area contributed by atoms with Crippen LogP contribution in [0.3, 0.4) is 0 Å². The zero-order chi connectivity index (χ0) is 15.1. The van der Waals surface area contributed by atoms with Crippen LogP contribution in [-0.4, -0.2) is 24.7 Å². The van der Waals surface area contributed by atoms with Crippen molar-refractivity contribution in [1.82, 2.24) is 24.7 Å². The summed E-state index contributed by atoms with van der Waals surface area (Å²) in [5, 5.41) is 11.1. The van der Waals surface area contributed by atoms with E-state index in [4.69, 9.17) is 4.42 Å². The molecule has 0 amide bonds. The maximum absolute atomic E-state index is 5.38. The lowest BCUT2D eigenvalue weighted by atomic mass is 10.4. The normalized spacial score (nSPS) is 11.4. The van der Waals surface area contributed by atoms with Gasteiger partial charge in [-0.15, -0.1) is 21.5 Å². The summed E-state index contributed by atoms with van der Waals surface area (Å²) < 4.78 is 7.28. The second kappa shape index (κ2) is 5.22. The van der Waals surface area contributed by atoms with E-state index in [1.807, 2.05) is 23.7 Å². The smallest absolute Gasteiger partial charge is 0.200 e. The first kappa shape index (κ1) is 13.5. The Hall–Kier alpha value is -2.19. The number of rotatable bonds is 3. The number of fused-ring (bicyclic) bond motifs is 1. The molecule has 0 bridgehead atoms. The van der Waals surface area contributed by atoms with E-state index in [1.165, 1.54) is 16.6 Å². The van der Waals surface area contributed by atoms with Crippen LogP contribution in [0.25, 0.3) is 21.8 Å². The Kier molecular flexibility index (Phi) is 3.20. The number of thiophene rings is 1. The molecule has 22 heavy (non-hydrogen) atoms. The van der Waals surface area contributed by atoms with Crippen LogP contribution in [-0.2, 0) is 7.05 Å². The number of hydrogen-bond acceptors (Lipinski definition) is 7. The fourth-order valence-corrected chi connectivity index (χ4v) is 3.90. The SMILES string of the molecule is Cc1cc2c(Sc3nnc(-c4ccco4)n3C)ncnc2s1. The molecule has 0 unspecified atom stereocenters. The van der Waals surface area contributed by atoms with Gasteiger partial charge < -0.3 is 8.98 Å². The highest BCUT2D eigenvalue weighted by Gasteiger charge is 2.16. The molecule has 0 aliphatic heterocycles. The van der Waals surface area contributed by atoms with Crippen molar-refractivity contribution in [2.75, 3.05) is 0 Å². The van der Waals surface area contributed by atoms with E-state index in [-0.39, 0.29) is 0 Å². The molecule has 0 atom stereocenters. The molecule has 0 aliphatic rings. The second-order valence-electron chi connectivity index (χ2n) is 4.70. The quantitative estimate of drug-likeness (QED) is 0.535. The Labute approximate surface area is 134 Å². The summed E-state index contributed by atoms with van der Waals surface area (Å²) in [4.78, 5) is 10.9. The van der Waals surface area contributed by atoms with Crippen LogP contribution < -0.4 is 0 Å². The molecule has 0 radical (unpaired) electrons. The molecule has 4 heterocycles. The summed E-state index contributed by atoms with van der Waals surface area (Å²) in [6.07, 6.45) is 3.21. The Bertz CT molecular complexity index is 942. The minimum absolute atomic E-state index is 0.694. The lowest BCUT2D eigenvalue weighted by Gasteiger charge is -2.02. The van der Waals surface area contributed by atoms with E-state index < -0.39 is 0 Å². The molecule has 0 saturated heterocycles. The predicted octanol–water partition coefficient (Wildman–Crippen LogP) is 3.54. The van der Waals surface area contributed by atoms with E-state index in [1.54, 1.807) is 23.9 Å². The molecule has 0 aliphatic carbocycles. The zero-order valence-corrected chi connectivity index (χ0v) is 13.5. The van der Waals surface area contributed by atoms with Crippen LogP contribution in [0.2, 0.25) is 0 Å². The highest BCUT2D eigenvalue weighted by atomic mass is 32.2. The van der Waals surface area contributed by atoms with Gasteiger partial charge in [-0.1, -0.05) is 0 Å². The maximum atomic E-state index is 5.38. The highest BCUT2D eigenvalue weighted by molar-refractivity contribution is 7.99. The number of aromatic nitrogens is 5. The number of furan rings is 1. The van der Waals surface area contributed by atoms with E-state index in [9.17, 15) is 0 Å². The lowest BCUT2D eigenvalue weighted by molar-refractivity contribution is 0.572. The molecule has 4 aromatic heterocycles. The number of aryl methyl sites for hydroxylation is 1. The molecule has 0 aromatic carbocycles. The van der Waals surface area contributed by atoms with Crippen LogP contribution >= 0.6 is 23.1 Å². The van der Waals surface area contributed by atoms with Gasteiger partial charge in [-0.25, -0.2) is 9.97 Å². The summed E-state index contributed by atoms with van der Waals surface area (Å²) in [5.74, 6) is 1.39. The average molecular weight is 329 g/mol. The van der Waals surface area contributed by atoms with E-state index in [0.29, 0.717) is 11.6 Å². The molecule has 4 rings (SSSR count). The van der Waals surface area contributed by atoms with Crippen molar-refractivity contribution >= 4 is 33.3 Å². The van der Waals surface area contributed by atoms with Crippen LogP contribution in [0.4, 0.5) is 0 Å². The monoisotopic (exact) mass is 329 g/mol. The van der Waals surface area contributed by atoms with Crippen molar-refractivity contribution in [2.24, 2.45) is 7.05 Å². The summed E-state index contributed by atoms with van der Waals surface area (Å²) in [6, 6.07) is 5.80. The van der Waals surface area contributed by atoms with Crippen LogP contribution in [0, 0.1) is 6.92 Å². The first-order chi connectivity index (χ1) is 10.7. The molecule has 0 fully saturated rings. The minimum Gasteiger partial charge on any atom is -0.461 e. The standard InChI is InChI=1S/C14H11N5OS2/c1-8-6-9-12(21-8)15-7-16-13(9)22-14-18-17-11(19(14)2)10-4-3-5-20-10/h3-7H,1-2H3. The van der Waals surface area contributed by atoms with Crippen molar-refractivity contribution in [3.05, 3.63) is 35.7 Å². The van der Waals surface area contributed by atoms with Gasteiger partial charge in [0.15, 0.2) is 16.7 Å². The molecule has 4 aromatic rings. The van der Waals surface area contributed by atoms with E-state index >= 15 is 0 Å². The third-order valence-corrected chi connectivity index (χ3v) is 5.20. The molecule has 0 spiro atoms. The van der Waals surface area contributed by atoms with Crippen molar-refractivity contribution in [1.29, 1.82) is 0 Å². The second-order valence-corrected chi connectivity index (χ2v) is 6.89. The fourth-order valence-electron chi connectivity index (χ4n) is 2.15. The summed E-state index contributed by atoms with van der Waals surface area (Å²) >= 11 is 3.14. The Morgan fingerprint density at radius 3 is 3.00 bits per heavy atom. The summed E-state index contributed by atoms with van der Waals surface area (Å²) in [6.45, 7) is 2.07. The van der Waals surface area contributed by atoms with Gasteiger partial charge in [0.1, 0.15) is 16.2 Å². The molecular formula is C14H11N5OS2. The first-order valence-electron chi connectivity index (χ1n) is 6.54. The molecule has 0 saturated carbocycles. The van der Waals surface area contributed by atoms with Gasteiger partial charge in [0.25, 0.3) is 0 Å². The van der Waals surface area contributed by atoms with Gasteiger partial charge in [0, 0.05) is 17.3 Å². The third-order valence-electron chi connectivity index (χ3n) is 3.18. The fraction of sp³-hybridized carbons (Fsp3) is 0.143. The number of nitrogens with zero attached hydrogens (tertiary/aromatic N) is 5. The molecule has 6 nitrogen and oxygen atoms in total. The van der Waals surface area contributed by atoms with E-state index in [0.717, 1.165) is 20.4 Å². The largest absolute Gasteiger partial charge is 0.461 e. The number of hydrogen-bond donors (Lipinski definition) is 0. The molecule has 110 valence electrons. The Morgan fingerprint density at radius 2 is 2.18 bits per heavy atom. The topological polar surface area (TPSA) is 69.6 Å². The maximum Gasteiger partial charge on any atom is 0.200 e. The molecule has 0 N–H and O–H groups in total. The van der Waals surface area contributed by atoms with Crippen molar-refractivity contribution < 1.29 is 4.42 Å². The van der Waals surface area contributed by atoms with Gasteiger partial charge in [0.05, 0.1) is 6.26 Å². The van der Waals surface area contributed by atoms with Crippen LogP contribution in [0.15, 0.2) is 45.4 Å². The summed E-state index contributed by atoms with van der Waals surface area (Å²) in [7, 11) is 1.91. The third kappa shape index (κ3) is 2.20. The van der Waals surface area contributed by atoms with E-state index in [2.05, 4.69) is 33.2 Å². The van der Waals surface area contributed by atoms with Crippen molar-refractivity contribution in [3.8, 4) is 11.6 Å². The summed E-state index contributed by atoms with van der Waals surface area (Å²) in [5.41, 5.74) is 0. The highest BCUT2D eigenvalue weighted by Crippen LogP contribution is 2.34. The van der Waals surface area contributed by atoms with Crippen LogP contribution in [0.1, 0.15) is 4.88 Å². The van der Waals surface area contributed by atoms with Gasteiger partial charge in [0.2, 0.25) is 0 Å². The van der Waals surface area contributed by atoms with Crippen molar-refractivity contribution in [3.63, 3.8) is 0 Å². The lowest BCUT2D eigenvalue weighted by Crippen LogP contribution is -1.94. The van der Waals surface area contributed by atoms with Gasteiger partial charge in [-0.05, 0) is 36.9 Å². The average Bonchev–Trinajstić information content (AvgIpc) is 3.20. The Morgan fingerprint density at radius 1 is 1.27 bits per heavy atom. The van der Waals surface area contributed by atoms with Crippen LogP contribution in [0.5, 0.6) is 0 Å². The Balaban J connectivity index is 1.74. The molecular weight excluding hydrogens is 318 g/mol. The first-order valence-corrected chi connectivity index (χ1v) is 8.18. The predicted molar refractivity (Wildman–Crippen MR) is 85.0 cm³/mol. The minimum atomic E-state index is 0.694. The van der Waals surface area contributed by atoms with Gasteiger partial charge in [-0.3, -0.25) is 0 Å². The van der Waals surface area contributed by atoms with Crippen molar-refractivity contribution in [2.45, 2.75) is 17.1 Å².